The highest BCUT2D eigenvalue weighted by molar-refractivity contribution is 5.81. The fourth-order valence-electron chi connectivity index (χ4n) is 0.882. The lowest BCUT2D eigenvalue weighted by atomic mass is 10.2. The largest absolute Gasteiger partial charge is 0.464 e. The minimum Gasteiger partial charge on any atom is -0.464 e. The molecule has 1 aromatic rings. The lowest BCUT2D eigenvalue weighted by molar-refractivity contribution is 0.312. The Hall–Kier alpha value is -1.85. The van der Waals surface area contributed by atoms with Crippen LogP contribution in [0.15, 0.2) is 17.5 Å². The van der Waals surface area contributed by atoms with Gasteiger partial charge in [0, 0.05) is 18.8 Å². The van der Waals surface area contributed by atoms with E-state index in [1.54, 1.807) is 12.4 Å². The van der Waals surface area contributed by atoms with Crippen molar-refractivity contribution in [1.29, 1.82) is 0 Å². The molecule has 0 aliphatic heterocycles. The standard InChI is InChI=1S/C8H12N4O2/c1-2-14-8-10-4-6(5-11-8)3-7(9)12-13/h4-5,13H,2-3H2,1H3,(H2,9,12). The van der Waals surface area contributed by atoms with E-state index < -0.39 is 0 Å². The molecule has 0 unspecified atom stereocenters. The van der Waals surface area contributed by atoms with Crippen LogP contribution in [-0.4, -0.2) is 27.6 Å². The lowest BCUT2D eigenvalue weighted by Gasteiger charge is -2.01. The number of oxime groups is 1. The molecule has 0 saturated heterocycles. The number of aromatic nitrogens is 2. The topological polar surface area (TPSA) is 93.6 Å². The first-order chi connectivity index (χ1) is 6.76. The van der Waals surface area contributed by atoms with Crippen LogP contribution in [0.25, 0.3) is 0 Å². The van der Waals surface area contributed by atoms with E-state index in [2.05, 4.69) is 15.1 Å². The van der Waals surface area contributed by atoms with E-state index in [1.807, 2.05) is 6.92 Å². The molecule has 0 aliphatic carbocycles. The summed E-state index contributed by atoms with van der Waals surface area (Å²) in [5, 5.41) is 11.2. The Labute approximate surface area is 81.4 Å². The van der Waals surface area contributed by atoms with Crippen LogP contribution in [0.5, 0.6) is 6.01 Å². The van der Waals surface area contributed by atoms with Crippen molar-refractivity contribution in [3.8, 4) is 6.01 Å². The zero-order valence-electron chi connectivity index (χ0n) is 7.84. The normalized spacial score (nSPS) is 11.4. The van der Waals surface area contributed by atoms with Crippen LogP contribution in [0.3, 0.4) is 0 Å². The van der Waals surface area contributed by atoms with Gasteiger partial charge < -0.3 is 15.7 Å². The summed E-state index contributed by atoms with van der Waals surface area (Å²) >= 11 is 0. The molecule has 76 valence electrons. The second kappa shape index (κ2) is 5.00. The molecule has 1 heterocycles. The summed E-state index contributed by atoms with van der Waals surface area (Å²) in [5.74, 6) is 0.123. The fourth-order valence-corrected chi connectivity index (χ4v) is 0.882. The van der Waals surface area contributed by atoms with Gasteiger partial charge in [-0.25, -0.2) is 9.97 Å². The maximum Gasteiger partial charge on any atom is 0.316 e. The van der Waals surface area contributed by atoms with Gasteiger partial charge in [0.25, 0.3) is 0 Å². The molecule has 0 atom stereocenters. The van der Waals surface area contributed by atoms with E-state index >= 15 is 0 Å². The van der Waals surface area contributed by atoms with Gasteiger partial charge >= 0.3 is 6.01 Å². The first kappa shape index (κ1) is 10.2. The smallest absolute Gasteiger partial charge is 0.316 e. The van der Waals surface area contributed by atoms with Crippen molar-refractivity contribution < 1.29 is 9.94 Å². The van der Waals surface area contributed by atoms with Gasteiger partial charge in [0.15, 0.2) is 0 Å². The van der Waals surface area contributed by atoms with E-state index in [9.17, 15) is 0 Å². The first-order valence-corrected chi connectivity index (χ1v) is 4.16. The van der Waals surface area contributed by atoms with Gasteiger partial charge in [0.05, 0.1) is 6.61 Å². The second-order valence-electron chi connectivity index (χ2n) is 2.58. The molecule has 6 nitrogen and oxygen atoms in total. The number of ether oxygens (including phenoxy) is 1. The minimum absolute atomic E-state index is 0.123. The second-order valence-corrected chi connectivity index (χ2v) is 2.58. The Morgan fingerprint density at radius 2 is 2.21 bits per heavy atom. The van der Waals surface area contributed by atoms with E-state index in [0.29, 0.717) is 19.0 Å². The molecule has 0 aromatic carbocycles. The van der Waals surface area contributed by atoms with E-state index in [-0.39, 0.29) is 5.84 Å². The first-order valence-electron chi connectivity index (χ1n) is 4.16. The summed E-state index contributed by atoms with van der Waals surface area (Å²) in [6, 6.07) is 0.329. The van der Waals surface area contributed by atoms with Gasteiger partial charge in [-0.3, -0.25) is 0 Å². The van der Waals surface area contributed by atoms with Crippen LogP contribution in [0, 0.1) is 0 Å². The number of hydrogen-bond donors (Lipinski definition) is 2. The Kier molecular flexibility index (Phi) is 3.66. The van der Waals surface area contributed by atoms with Gasteiger partial charge in [0.1, 0.15) is 5.84 Å². The SMILES string of the molecule is CCOc1ncc(C/C(N)=N/O)cn1. The van der Waals surface area contributed by atoms with Crippen molar-refractivity contribution >= 4 is 5.84 Å². The summed E-state index contributed by atoms with van der Waals surface area (Å²) in [6.07, 6.45) is 3.48. The lowest BCUT2D eigenvalue weighted by Crippen LogP contribution is -2.15. The van der Waals surface area contributed by atoms with E-state index in [4.69, 9.17) is 15.7 Å². The van der Waals surface area contributed by atoms with Crippen LogP contribution in [0.4, 0.5) is 0 Å². The molecule has 6 heteroatoms. The summed E-state index contributed by atoms with van der Waals surface area (Å²) in [4.78, 5) is 7.86. The number of amidine groups is 1. The highest BCUT2D eigenvalue weighted by atomic mass is 16.5. The molecular weight excluding hydrogens is 184 g/mol. The van der Waals surface area contributed by atoms with Crippen LogP contribution >= 0.6 is 0 Å². The molecule has 0 saturated carbocycles. The van der Waals surface area contributed by atoms with Crippen molar-refractivity contribution in [3.05, 3.63) is 18.0 Å². The Morgan fingerprint density at radius 3 is 2.71 bits per heavy atom. The van der Waals surface area contributed by atoms with Gasteiger partial charge in [-0.15, -0.1) is 0 Å². The molecule has 0 bridgehead atoms. The number of hydrogen-bond acceptors (Lipinski definition) is 5. The van der Waals surface area contributed by atoms with E-state index in [0.717, 1.165) is 5.56 Å². The summed E-state index contributed by atoms with van der Waals surface area (Å²) in [7, 11) is 0. The molecule has 0 fully saturated rings. The average Bonchev–Trinajstić information content (AvgIpc) is 2.21. The van der Waals surface area contributed by atoms with Crippen LogP contribution in [0.2, 0.25) is 0 Å². The van der Waals surface area contributed by atoms with Crippen molar-refractivity contribution in [1.82, 2.24) is 9.97 Å². The predicted molar refractivity (Wildman–Crippen MR) is 50.3 cm³/mol. The monoisotopic (exact) mass is 196 g/mol. The molecule has 1 rings (SSSR count). The molecule has 0 aliphatic rings. The molecule has 1 aromatic heterocycles. The summed E-state index contributed by atoms with van der Waals surface area (Å²) < 4.78 is 5.06. The zero-order valence-corrected chi connectivity index (χ0v) is 7.84. The Bertz CT molecular complexity index is 310. The van der Waals surface area contributed by atoms with Gasteiger partial charge in [-0.2, -0.15) is 0 Å². The maximum absolute atomic E-state index is 8.33. The molecule has 14 heavy (non-hydrogen) atoms. The fraction of sp³-hybridized carbons (Fsp3) is 0.375. The number of rotatable bonds is 4. The number of nitrogens with two attached hydrogens (primary N) is 1. The molecule has 0 amide bonds. The molecular formula is C8H12N4O2. The number of nitrogens with zero attached hydrogens (tertiary/aromatic N) is 3. The van der Waals surface area contributed by atoms with Crippen LogP contribution in [0.1, 0.15) is 12.5 Å². The predicted octanol–water partition coefficient (Wildman–Crippen LogP) is 0.164. The minimum atomic E-state index is 0.123. The molecule has 0 radical (unpaired) electrons. The highest BCUT2D eigenvalue weighted by Crippen LogP contribution is 2.02. The maximum atomic E-state index is 8.33. The highest BCUT2D eigenvalue weighted by Gasteiger charge is 2.00. The third-order valence-corrected chi connectivity index (χ3v) is 1.47. The third-order valence-electron chi connectivity index (χ3n) is 1.47. The zero-order chi connectivity index (χ0) is 10.4. The summed E-state index contributed by atoms with van der Waals surface area (Å²) in [5.41, 5.74) is 6.08. The third kappa shape index (κ3) is 2.89. The van der Waals surface area contributed by atoms with Crippen molar-refractivity contribution in [2.24, 2.45) is 10.9 Å². The van der Waals surface area contributed by atoms with Crippen LogP contribution < -0.4 is 10.5 Å². The Morgan fingerprint density at radius 1 is 1.57 bits per heavy atom. The van der Waals surface area contributed by atoms with Gasteiger partial charge in [-0.05, 0) is 12.5 Å². The summed E-state index contributed by atoms with van der Waals surface area (Å²) in [6.45, 7) is 2.38. The van der Waals surface area contributed by atoms with Gasteiger partial charge in [0.2, 0.25) is 0 Å². The average molecular weight is 196 g/mol. The quantitative estimate of drug-likeness (QED) is 0.310. The Balaban J connectivity index is 2.64. The van der Waals surface area contributed by atoms with Gasteiger partial charge in [-0.1, -0.05) is 5.16 Å². The molecule has 0 spiro atoms. The van der Waals surface area contributed by atoms with Crippen molar-refractivity contribution in [2.45, 2.75) is 13.3 Å². The van der Waals surface area contributed by atoms with Crippen LogP contribution in [-0.2, 0) is 6.42 Å². The van der Waals surface area contributed by atoms with E-state index in [1.165, 1.54) is 0 Å². The van der Waals surface area contributed by atoms with Crippen molar-refractivity contribution in [2.75, 3.05) is 6.61 Å². The molecule has 3 N–H and O–H groups in total. The van der Waals surface area contributed by atoms with Crippen molar-refractivity contribution in [3.63, 3.8) is 0 Å².